The van der Waals surface area contributed by atoms with E-state index >= 15 is 0 Å². The molecule has 1 aromatic carbocycles. The van der Waals surface area contributed by atoms with Gasteiger partial charge in [-0.2, -0.15) is 5.26 Å². The molecule has 0 saturated carbocycles. The van der Waals surface area contributed by atoms with Gasteiger partial charge in [0.15, 0.2) is 11.6 Å². The third kappa shape index (κ3) is 3.18. The number of hydrogen-bond acceptors (Lipinski definition) is 3. The van der Waals surface area contributed by atoms with E-state index in [0.29, 0.717) is 18.1 Å². The Bertz CT molecular complexity index is 422. The number of hydrogen-bond donors (Lipinski definition) is 1. The first-order chi connectivity index (χ1) is 8.29. The molecule has 2 rings (SSSR count). The normalized spacial score (nSPS) is 16.5. The van der Waals surface area contributed by atoms with Gasteiger partial charge in [-0.15, -0.1) is 0 Å². The highest BCUT2D eigenvalue weighted by molar-refractivity contribution is 5.35. The fourth-order valence-corrected chi connectivity index (χ4v) is 1.94. The zero-order valence-electron chi connectivity index (χ0n) is 9.58. The van der Waals surface area contributed by atoms with Crippen molar-refractivity contribution in [2.24, 2.45) is 5.92 Å². The average Bonchev–Trinajstić information content (AvgIpc) is 2.38. The summed E-state index contributed by atoms with van der Waals surface area (Å²) in [6, 6.07) is 6.20. The van der Waals surface area contributed by atoms with Crippen molar-refractivity contribution in [2.45, 2.75) is 12.8 Å². The maximum absolute atomic E-state index is 13.5. The van der Waals surface area contributed by atoms with E-state index in [0.717, 1.165) is 25.9 Å². The van der Waals surface area contributed by atoms with Crippen molar-refractivity contribution < 1.29 is 9.13 Å². The molecule has 0 aliphatic carbocycles. The lowest BCUT2D eigenvalue weighted by atomic mass is 9.99. The first-order valence-corrected chi connectivity index (χ1v) is 5.83. The number of nitrogens with one attached hydrogen (secondary N) is 1. The molecular formula is C13H15FN2O. The van der Waals surface area contributed by atoms with Gasteiger partial charge in [0.25, 0.3) is 0 Å². The molecule has 0 atom stereocenters. The molecule has 0 radical (unpaired) electrons. The van der Waals surface area contributed by atoms with E-state index < -0.39 is 5.82 Å². The third-order valence-electron chi connectivity index (χ3n) is 2.99. The van der Waals surface area contributed by atoms with Crippen LogP contribution in [0.25, 0.3) is 0 Å². The Labute approximate surface area is 100 Å². The monoisotopic (exact) mass is 234 g/mol. The molecular weight excluding hydrogens is 219 g/mol. The molecule has 1 aliphatic heterocycles. The molecule has 0 amide bonds. The zero-order chi connectivity index (χ0) is 12.1. The van der Waals surface area contributed by atoms with E-state index in [1.54, 1.807) is 6.07 Å². The quantitative estimate of drug-likeness (QED) is 0.870. The topological polar surface area (TPSA) is 45.0 Å². The smallest absolute Gasteiger partial charge is 0.166 e. The van der Waals surface area contributed by atoms with E-state index in [1.807, 2.05) is 6.07 Å². The van der Waals surface area contributed by atoms with Crippen molar-refractivity contribution >= 4 is 0 Å². The molecule has 1 saturated heterocycles. The van der Waals surface area contributed by atoms with Crippen molar-refractivity contribution in [3.05, 3.63) is 29.6 Å². The first-order valence-electron chi connectivity index (χ1n) is 5.83. The van der Waals surface area contributed by atoms with Crippen LogP contribution in [0.15, 0.2) is 18.2 Å². The Morgan fingerprint density at radius 2 is 2.18 bits per heavy atom. The Balaban J connectivity index is 1.92. The fraction of sp³-hybridized carbons (Fsp3) is 0.462. The van der Waals surface area contributed by atoms with Gasteiger partial charge < -0.3 is 10.1 Å². The van der Waals surface area contributed by atoms with Crippen LogP contribution in [0.1, 0.15) is 18.4 Å². The van der Waals surface area contributed by atoms with Crippen LogP contribution in [0.4, 0.5) is 4.39 Å². The number of halogens is 1. The molecule has 1 aromatic rings. The summed E-state index contributed by atoms with van der Waals surface area (Å²) in [5.74, 6) is 0.270. The zero-order valence-corrected chi connectivity index (χ0v) is 9.58. The molecule has 1 fully saturated rings. The SMILES string of the molecule is N#Cc1ccc(OCC2CCNCC2)c(F)c1. The van der Waals surface area contributed by atoms with E-state index in [9.17, 15) is 4.39 Å². The molecule has 1 heterocycles. The maximum Gasteiger partial charge on any atom is 0.166 e. The van der Waals surface area contributed by atoms with Crippen LogP contribution in [-0.4, -0.2) is 19.7 Å². The van der Waals surface area contributed by atoms with Gasteiger partial charge in [0, 0.05) is 0 Å². The van der Waals surface area contributed by atoms with Gasteiger partial charge in [0.2, 0.25) is 0 Å². The second-order valence-corrected chi connectivity index (χ2v) is 4.26. The van der Waals surface area contributed by atoms with Crippen LogP contribution in [0.3, 0.4) is 0 Å². The standard InChI is InChI=1S/C13H15FN2O/c14-12-7-11(8-15)1-2-13(12)17-9-10-3-5-16-6-4-10/h1-2,7,10,16H,3-6,9H2. The highest BCUT2D eigenvalue weighted by Crippen LogP contribution is 2.20. The minimum atomic E-state index is -0.460. The lowest BCUT2D eigenvalue weighted by Gasteiger charge is -2.22. The maximum atomic E-state index is 13.5. The molecule has 4 heteroatoms. The number of piperidine rings is 1. The van der Waals surface area contributed by atoms with Crippen LogP contribution in [0, 0.1) is 23.1 Å². The van der Waals surface area contributed by atoms with E-state index in [4.69, 9.17) is 10.00 Å². The molecule has 1 N–H and O–H groups in total. The highest BCUT2D eigenvalue weighted by Gasteiger charge is 2.14. The minimum Gasteiger partial charge on any atom is -0.490 e. The fourth-order valence-electron chi connectivity index (χ4n) is 1.94. The highest BCUT2D eigenvalue weighted by atomic mass is 19.1. The van der Waals surface area contributed by atoms with Gasteiger partial charge >= 0.3 is 0 Å². The minimum absolute atomic E-state index is 0.238. The average molecular weight is 234 g/mol. The first kappa shape index (κ1) is 11.9. The summed E-state index contributed by atoms with van der Waals surface area (Å²) < 4.78 is 19.0. The third-order valence-corrected chi connectivity index (χ3v) is 2.99. The van der Waals surface area contributed by atoms with Crippen LogP contribution in [0.2, 0.25) is 0 Å². The van der Waals surface area contributed by atoms with E-state index in [-0.39, 0.29) is 5.75 Å². The summed E-state index contributed by atoms with van der Waals surface area (Å²) in [7, 11) is 0. The van der Waals surface area contributed by atoms with Gasteiger partial charge in [-0.25, -0.2) is 4.39 Å². The molecule has 0 spiro atoms. The van der Waals surface area contributed by atoms with Gasteiger partial charge in [0.05, 0.1) is 18.2 Å². The number of nitriles is 1. The molecule has 17 heavy (non-hydrogen) atoms. The Hall–Kier alpha value is -1.60. The molecule has 0 bridgehead atoms. The molecule has 1 aliphatic rings. The van der Waals surface area contributed by atoms with Crippen molar-refractivity contribution in [2.75, 3.05) is 19.7 Å². The van der Waals surface area contributed by atoms with Gasteiger partial charge in [-0.05, 0) is 50.0 Å². The summed E-state index contributed by atoms with van der Waals surface area (Å²) >= 11 is 0. The number of nitrogens with zero attached hydrogens (tertiary/aromatic N) is 1. The van der Waals surface area contributed by atoms with Crippen LogP contribution in [0.5, 0.6) is 5.75 Å². The summed E-state index contributed by atoms with van der Waals surface area (Å²) in [6.07, 6.45) is 2.13. The summed E-state index contributed by atoms with van der Waals surface area (Å²) in [6.45, 7) is 2.55. The van der Waals surface area contributed by atoms with Crippen molar-refractivity contribution in [3.63, 3.8) is 0 Å². The molecule has 90 valence electrons. The predicted molar refractivity (Wildman–Crippen MR) is 62.2 cm³/mol. The van der Waals surface area contributed by atoms with Crippen LogP contribution in [-0.2, 0) is 0 Å². The Morgan fingerprint density at radius 1 is 1.41 bits per heavy atom. The van der Waals surface area contributed by atoms with E-state index in [2.05, 4.69) is 5.32 Å². The second kappa shape index (κ2) is 5.65. The molecule has 0 aromatic heterocycles. The lowest BCUT2D eigenvalue weighted by molar-refractivity contribution is 0.208. The molecule has 3 nitrogen and oxygen atoms in total. The number of benzene rings is 1. The van der Waals surface area contributed by atoms with Crippen LogP contribution < -0.4 is 10.1 Å². The van der Waals surface area contributed by atoms with Gasteiger partial charge in [-0.3, -0.25) is 0 Å². The van der Waals surface area contributed by atoms with Crippen molar-refractivity contribution in [1.82, 2.24) is 5.32 Å². The van der Waals surface area contributed by atoms with Crippen molar-refractivity contribution in [1.29, 1.82) is 5.26 Å². The number of rotatable bonds is 3. The Morgan fingerprint density at radius 3 is 2.82 bits per heavy atom. The van der Waals surface area contributed by atoms with E-state index in [1.165, 1.54) is 12.1 Å². The summed E-state index contributed by atoms with van der Waals surface area (Å²) in [5.41, 5.74) is 0.316. The van der Waals surface area contributed by atoms with Gasteiger partial charge in [-0.1, -0.05) is 0 Å². The number of ether oxygens (including phenoxy) is 1. The lowest BCUT2D eigenvalue weighted by Crippen LogP contribution is -2.30. The molecule has 0 unspecified atom stereocenters. The largest absolute Gasteiger partial charge is 0.490 e. The summed E-state index contributed by atoms with van der Waals surface area (Å²) in [5, 5.41) is 11.9. The Kier molecular flexibility index (Phi) is 3.94. The summed E-state index contributed by atoms with van der Waals surface area (Å²) in [4.78, 5) is 0. The van der Waals surface area contributed by atoms with Crippen LogP contribution >= 0.6 is 0 Å². The van der Waals surface area contributed by atoms with Crippen molar-refractivity contribution in [3.8, 4) is 11.8 Å². The second-order valence-electron chi connectivity index (χ2n) is 4.26. The predicted octanol–water partition coefficient (Wildman–Crippen LogP) is 2.08. The van der Waals surface area contributed by atoms with Gasteiger partial charge in [0.1, 0.15) is 0 Å².